The molecule has 0 aliphatic rings. The summed E-state index contributed by atoms with van der Waals surface area (Å²) >= 11 is 0. The maximum Gasteiger partial charge on any atom is 0.0672 e. The van der Waals surface area contributed by atoms with Crippen molar-refractivity contribution in [2.75, 3.05) is 0 Å². The fourth-order valence-electron chi connectivity index (χ4n) is 0.699. The third-order valence-electron chi connectivity index (χ3n) is 1.53. The van der Waals surface area contributed by atoms with Gasteiger partial charge in [0.15, 0.2) is 0 Å². The van der Waals surface area contributed by atoms with Gasteiger partial charge < -0.3 is 9.90 Å². The Balaban J connectivity index is 3.71. The summed E-state index contributed by atoms with van der Waals surface area (Å²) in [6.07, 6.45) is 8.61. The first-order valence-electron chi connectivity index (χ1n) is 4.23. The number of carboxylic acids is 1. The third kappa shape index (κ3) is 5.71. The van der Waals surface area contributed by atoms with Crippen LogP contribution in [0.25, 0.3) is 0 Å². The van der Waals surface area contributed by atoms with Crippen LogP contribution in [0.1, 0.15) is 33.1 Å². The molecule has 0 atom stereocenters. The molecule has 0 aliphatic carbocycles. The Morgan fingerprint density at radius 2 is 2.17 bits per heavy atom. The molecule has 2 heteroatoms. The lowest BCUT2D eigenvalue weighted by Crippen LogP contribution is -2.22. The highest BCUT2D eigenvalue weighted by Gasteiger charge is 1.84. The van der Waals surface area contributed by atoms with Crippen molar-refractivity contribution in [1.82, 2.24) is 0 Å². The molecule has 2 nitrogen and oxygen atoms in total. The lowest BCUT2D eigenvalue weighted by atomic mass is 10.2. The van der Waals surface area contributed by atoms with Crippen LogP contribution in [0.2, 0.25) is 0 Å². The average Bonchev–Trinajstić information content (AvgIpc) is 2.03. The second-order valence-electron chi connectivity index (χ2n) is 2.71. The highest BCUT2D eigenvalue weighted by molar-refractivity contribution is 5.84. The van der Waals surface area contributed by atoms with Gasteiger partial charge in [0.05, 0.1) is 5.97 Å². The molecule has 0 unspecified atom stereocenters. The summed E-state index contributed by atoms with van der Waals surface area (Å²) in [5.41, 5.74) is 0.266. The second kappa shape index (κ2) is 6.65. The van der Waals surface area contributed by atoms with E-state index in [0.717, 1.165) is 19.3 Å². The van der Waals surface area contributed by atoms with E-state index in [1.165, 1.54) is 6.92 Å². The number of aliphatic carboxylic acids is 1. The number of hydrogen-bond acceptors (Lipinski definition) is 2. The summed E-state index contributed by atoms with van der Waals surface area (Å²) in [6.45, 7) is 3.65. The molecule has 68 valence electrons. The third-order valence-corrected chi connectivity index (χ3v) is 1.53. The Morgan fingerprint density at radius 3 is 2.67 bits per heavy atom. The molecule has 0 bridgehead atoms. The number of carbonyl (C=O) groups is 1. The van der Waals surface area contributed by atoms with Crippen LogP contribution in [0, 0.1) is 0 Å². The number of carbonyl (C=O) groups excluding carboxylic acids is 1. The van der Waals surface area contributed by atoms with Crippen molar-refractivity contribution in [2.45, 2.75) is 33.1 Å². The number of rotatable bonds is 5. The van der Waals surface area contributed by atoms with Gasteiger partial charge in [0.2, 0.25) is 0 Å². The van der Waals surface area contributed by atoms with Crippen molar-refractivity contribution < 1.29 is 9.90 Å². The fraction of sp³-hybridized carbons (Fsp3) is 0.500. The zero-order valence-corrected chi connectivity index (χ0v) is 7.67. The van der Waals surface area contributed by atoms with Crippen LogP contribution < -0.4 is 5.11 Å². The topological polar surface area (TPSA) is 40.1 Å². The van der Waals surface area contributed by atoms with E-state index in [1.54, 1.807) is 12.2 Å². The minimum absolute atomic E-state index is 0.266. The first kappa shape index (κ1) is 11.0. The van der Waals surface area contributed by atoms with E-state index in [0.29, 0.717) is 0 Å². The first-order valence-corrected chi connectivity index (χ1v) is 4.23. The summed E-state index contributed by atoms with van der Waals surface area (Å²) in [4.78, 5) is 10.2. The van der Waals surface area contributed by atoms with Crippen molar-refractivity contribution >= 4 is 5.97 Å². The number of unbranched alkanes of at least 4 members (excludes halogenated alkanes) is 2. The van der Waals surface area contributed by atoms with E-state index in [-0.39, 0.29) is 5.57 Å². The Kier molecular flexibility index (Phi) is 6.07. The minimum Gasteiger partial charge on any atom is -0.545 e. The number of allylic oxidation sites excluding steroid dienone is 3. The van der Waals surface area contributed by atoms with Crippen LogP contribution in [0.3, 0.4) is 0 Å². The molecule has 0 fully saturated rings. The van der Waals surface area contributed by atoms with Gasteiger partial charge in [-0.15, -0.1) is 0 Å². The van der Waals surface area contributed by atoms with Crippen LogP contribution in [0.5, 0.6) is 0 Å². The lowest BCUT2D eigenvalue weighted by Gasteiger charge is -1.97. The van der Waals surface area contributed by atoms with Gasteiger partial charge in [-0.25, -0.2) is 0 Å². The Labute approximate surface area is 73.6 Å². The molecule has 0 aromatic heterocycles. The van der Waals surface area contributed by atoms with Gasteiger partial charge in [-0.1, -0.05) is 38.0 Å². The van der Waals surface area contributed by atoms with Crippen molar-refractivity contribution in [3.8, 4) is 0 Å². The molecular formula is C10H15O2-. The van der Waals surface area contributed by atoms with Crippen molar-refractivity contribution in [3.05, 3.63) is 23.8 Å². The van der Waals surface area contributed by atoms with Crippen molar-refractivity contribution in [2.24, 2.45) is 0 Å². The van der Waals surface area contributed by atoms with Crippen LogP contribution in [-0.4, -0.2) is 5.97 Å². The van der Waals surface area contributed by atoms with Gasteiger partial charge in [-0.3, -0.25) is 0 Å². The fourth-order valence-corrected chi connectivity index (χ4v) is 0.699. The molecule has 0 heterocycles. The van der Waals surface area contributed by atoms with Crippen LogP contribution in [0.4, 0.5) is 0 Å². The zero-order valence-electron chi connectivity index (χ0n) is 7.67. The monoisotopic (exact) mass is 167 g/mol. The number of carboxylic acid groups (broad SMARTS) is 1. The normalized spacial score (nSPS) is 12.3. The molecule has 0 saturated heterocycles. The Hall–Kier alpha value is -1.05. The van der Waals surface area contributed by atoms with Crippen LogP contribution in [-0.2, 0) is 4.79 Å². The van der Waals surface area contributed by atoms with E-state index in [2.05, 4.69) is 6.92 Å². The average molecular weight is 167 g/mol. The van der Waals surface area contributed by atoms with Crippen LogP contribution in [0.15, 0.2) is 23.8 Å². The molecule has 0 rings (SSSR count). The Bertz CT molecular complexity index is 190. The van der Waals surface area contributed by atoms with E-state index >= 15 is 0 Å². The predicted molar refractivity (Wildman–Crippen MR) is 47.4 cm³/mol. The van der Waals surface area contributed by atoms with Gasteiger partial charge in [0.1, 0.15) is 0 Å². The quantitative estimate of drug-likeness (QED) is 0.353. The molecule has 0 spiro atoms. The summed E-state index contributed by atoms with van der Waals surface area (Å²) in [6, 6.07) is 0. The molecule has 0 aromatic carbocycles. The Morgan fingerprint density at radius 1 is 1.50 bits per heavy atom. The van der Waals surface area contributed by atoms with Gasteiger partial charge >= 0.3 is 0 Å². The summed E-state index contributed by atoms with van der Waals surface area (Å²) in [5.74, 6) is -1.10. The van der Waals surface area contributed by atoms with Gasteiger partial charge in [0.25, 0.3) is 0 Å². The van der Waals surface area contributed by atoms with E-state index < -0.39 is 5.97 Å². The molecule has 0 amide bonds. The standard InChI is InChI=1S/C10H16O2/c1-3-4-5-6-7-8-9(2)10(11)12/h6-8H,3-5H2,1-2H3,(H,11,12)/p-1/b7-6+,9-8-. The summed E-state index contributed by atoms with van der Waals surface area (Å²) in [5, 5.41) is 10.2. The highest BCUT2D eigenvalue weighted by Crippen LogP contribution is 1.96. The highest BCUT2D eigenvalue weighted by atomic mass is 16.4. The maximum atomic E-state index is 10.2. The molecule has 12 heavy (non-hydrogen) atoms. The van der Waals surface area contributed by atoms with E-state index in [1.807, 2.05) is 6.08 Å². The smallest absolute Gasteiger partial charge is 0.0672 e. The lowest BCUT2D eigenvalue weighted by molar-refractivity contribution is -0.299. The SMILES string of the molecule is CCCC/C=C/C=C(/C)C(=O)[O-]. The van der Waals surface area contributed by atoms with E-state index in [9.17, 15) is 9.90 Å². The second-order valence-corrected chi connectivity index (χ2v) is 2.71. The minimum atomic E-state index is -1.10. The van der Waals surface area contributed by atoms with Crippen LogP contribution >= 0.6 is 0 Å². The summed E-state index contributed by atoms with van der Waals surface area (Å²) < 4.78 is 0. The molecule has 0 N–H and O–H groups in total. The summed E-state index contributed by atoms with van der Waals surface area (Å²) in [7, 11) is 0. The van der Waals surface area contributed by atoms with E-state index in [4.69, 9.17) is 0 Å². The first-order chi connectivity index (χ1) is 5.68. The van der Waals surface area contributed by atoms with Gasteiger partial charge in [0, 0.05) is 0 Å². The molecule has 0 aliphatic heterocycles. The zero-order chi connectivity index (χ0) is 9.40. The maximum absolute atomic E-state index is 10.2. The van der Waals surface area contributed by atoms with Crippen molar-refractivity contribution in [1.29, 1.82) is 0 Å². The number of hydrogen-bond donors (Lipinski definition) is 0. The molecular weight excluding hydrogens is 152 g/mol. The molecule has 0 saturated carbocycles. The largest absolute Gasteiger partial charge is 0.545 e. The predicted octanol–water partition coefficient (Wildman–Crippen LogP) is 1.43. The molecule has 0 aromatic rings. The van der Waals surface area contributed by atoms with Gasteiger partial charge in [-0.05, 0) is 18.9 Å². The van der Waals surface area contributed by atoms with Crippen molar-refractivity contribution in [3.63, 3.8) is 0 Å². The molecule has 0 radical (unpaired) electrons. The van der Waals surface area contributed by atoms with Gasteiger partial charge in [-0.2, -0.15) is 0 Å².